The van der Waals surface area contributed by atoms with E-state index in [-0.39, 0.29) is 35.1 Å². The summed E-state index contributed by atoms with van der Waals surface area (Å²) in [6.07, 6.45) is 7.11. The molecule has 1 atom stereocenters. The zero-order valence-electron chi connectivity index (χ0n) is 32.8. The number of amides is 3. The first-order chi connectivity index (χ1) is 28.1. The summed E-state index contributed by atoms with van der Waals surface area (Å²) in [6, 6.07) is 18.8. The van der Waals surface area contributed by atoms with Gasteiger partial charge >= 0.3 is 7.60 Å². The average molecular weight is 831 g/mol. The first-order valence-corrected chi connectivity index (χ1v) is 21.3. The largest absolute Gasteiger partial charge is 0.494 e. The smallest absolute Gasteiger partial charge is 0.362 e. The molecule has 17 heteroatoms. The van der Waals surface area contributed by atoms with Crippen molar-refractivity contribution in [3.63, 3.8) is 0 Å². The molecule has 0 saturated carbocycles. The number of aromatic nitrogens is 2. The number of para-hydroxylation sites is 1. The fourth-order valence-corrected chi connectivity index (χ4v) is 9.09. The molecule has 3 aliphatic heterocycles. The number of carbonyl (C=O) groups excluding carboxylic acids is 3. The summed E-state index contributed by atoms with van der Waals surface area (Å²) in [5.41, 5.74) is 4.99. The molecular formula is C41H48ClN8O7P. The van der Waals surface area contributed by atoms with Gasteiger partial charge in [-0.3, -0.25) is 24.3 Å². The summed E-state index contributed by atoms with van der Waals surface area (Å²) < 4.78 is 29.4. The number of hydrogen-bond donors (Lipinski definition) is 4. The molecule has 1 unspecified atom stereocenters. The molecule has 306 valence electrons. The third kappa shape index (κ3) is 9.14. The monoisotopic (exact) mass is 830 g/mol. The van der Waals surface area contributed by atoms with Crippen molar-refractivity contribution in [3.8, 4) is 5.75 Å². The highest BCUT2D eigenvalue weighted by molar-refractivity contribution is 7.62. The lowest BCUT2D eigenvalue weighted by atomic mass is 10.0. The van der Waals surface area contributed by atoms with Crippen LogP contribution in [0.4, 0.5) is 28.8 Å². The maximum absolute atomic E-state index is 13.2. The zero-order valence-corrected chi connectivity index (χ0v) is 34.4. The third-order valence-corrected chi connectivity index (χ3v) is 13.1. The Bertz CT molecular complexity index is 2210. The molecule has 4 heterocycles. The van der Waals surface area contributed by atoms with Crippen molar-refractivity contribution in [2.75, 3.05) is 56.5 Å². The minimum absolute atomic E-state index is 0.141. The van der Waals surface area contributed by atoms with Gasteiger partial charge in [-0.25, -0.2) is 4.98 Å². The van der Waals surface area contributed by atoms with Crippen LogP contribution in [0, 0.1) is 0 Å². The second kappa shape index (κ2) is 18.3. The number of benzene rings is 3. The van der Waals surface area contributed by atoms with Crippen molar-refractivity contribution >= 4 is 71.1 Å². The second-order valence-corrected chi connectivity index (χ2v) is 17.1. The number of rotatable bonds is 16. The van der Waals surface area contributed by atoms with Crippen molar-refractivity contribution in [2.24, 2.45) is 0 Å². The van der Waals surface area contributed by atoms with Crippen LogP contribution in [0.2, 0.25) is 5.02 Å². The lowest BCUT2D eigenvalue weighted by Crippen LogP contribution is -2.52. The molecule has 15 nitrogen and oxygen atoms in total. The molecule has 4 aromatic rings. The number of unbranched alkanes of at least 4 members (excludes halogenated alkanes) is 1. The lowest BCUT2D eigenvalue weighted by Gasteiger charge is -2.34. The molecule has 0 aliphatic carbocycles. The molecule has 3 aromatic carbocycles. The zero-order chi connectivity index (χ0) is 40.8. The van der Waals surface area contributed by atoms with Crippen LogP contribution in [0.3, 0.4) is 0 Å². The molecular weight excluding hydrogens is 783 g/mol. The summed E-state index contributed by atoms with van der Waals surface area (Å²) in [5, 5.41) is 13.1. The van der Waals surface area contributed by atoms with Crippen LogP contribution >= 0.6 is 19.2 Å². The van der Waals surface area contributed by atoms with Crippen molar-refractivity contribution in [1.82, 2.24) is 25.5 Å². The van der Waals surface area contributed by atoms with Crippen molar-refractivity contribution < 1.29 is 32.7 Å². The van der Waals surface area contributed by atoms with E-state index in [1.807, 2.05) is 24.3 Å². The Morgan fingerprint density at radius 2 is 1.72 bits per heavy atom. The average Bonchev–Trinajstić information content (AvgIpc) is 3.56. The van der Waals surface area contributed by atoms with Crippen LogP contribution in [0.1, 0.15) is 60.0 Å². The minimum Gasteiger partial charge on any atom is -0.494 e. The van der Waals surface area contributed by atoms with Crippen LogP contribution < -0.4 is 36.2 Å². The van der Waals surface area contributed by atoms with Gasteiger partial charge in [0.1, 0.15) is 16.8 Å². The van der Waals surface area contributed by atoms with Crippen molar-refractivity contribution in [2.45, 2.75) is 63.6 Å². The van der Waals surface area contributed by atoms with Gasteiger partial charge in [-0.15, -0.1) is 0 Å². The third-order valence-electron chi connectivity index (χ3n) is 10.9. The molecule has 2 saturated heterocycles. The molecule has 0 spiro atoms. The normalized spacial score (nSPS) is 17.3. The number of aryl methyl sites for hydroxylation is 1. The highest BCUT2D eigenvalue weighted by Gasteiger charge is 2.39. The van der Waals surface area contributed by atoms with Gasteiger partial charge in [-0.05, 0) is 86.5 Å². The summed E-state index contributed by atoms with van der Waals surface area (Å²) >= 11 is 6.47. The predicted molar refractivity (Wildman–Crippen MR) is 223 cm³/mol. The molecule has 3 aliphatic rings. The van der Waals surface area contributed by atoms with Gasteiger partial charge in [0.2, 0.25) is 17.8 Å². The quantitative estimate of drug-likeness (QED) is 0.0582. The Morgan fingerprint density at radius 1 is 0.931 bits per heavy atom. The first kappa shape index (κ1) is 41.1. The van der Waals surface area contributed by atoms with E-state index in [9.17, 15) is 18.9 Å². The molecule has 1 aromatic heterocycles. The SMILES string of the molecule is COc1cc(N2CCC(NCCCCc3ccc4c(c3)CN(C3CCC(=O)NC3=O)C4=O)CC2)ccc1Nc1ncc(Cl)c(Nc2ccccc2P(=O)(OC)OC)n1. The highest BCUT2D eigenvalue weighted by Crippen LogP contribution is 2.47. The number of nitrogens with one attached hydrogen (secondary N) is 4. The van der Waals surface area contributed by atoms with Gasteiger partial charge in [0.15, 0.2) is 5.82 Å². The van der Waals surface area contributed by atoms with E-state index in [0.29, 0.717) is 52.8 Å². The molecule has 7 rings (SSSR count). The fourth-order valence-electron chi connectivity index (χ4n) is 7.72. The molecule has 0 radical (unpaired) electrons. The number of imide groups is 1. The number of piperidine rings is 2. The molecule has 58 heavy (non-hydrogen) atoms. The fraction of sp³-hybridized carbons (Fsp3) is 0.390. The Hall–Kier alpha value is -5.05. The van der Waals surface area contributed by atoms with Gasteiger partial charge in [0.25, 0.3) is 5.91 Å². The number of halogens is 1. The maximum Gasteiger partial charge on any atom is 0.362 e. The molecule has 4 N–H and O–H groups in total. The number of anilines is 5. The Morgan fingerprint density at radius 3 is 2.48 bits per heavy atom. The van der Waals surface area contributed by atoms with E-state index in [1.165, 1.54) is 26.0 Å². The van der Waals surface area contributed by atoms with E-state index >= 15 is 0 Å². The number of nitrogens with zero attached hydrogens (tertiary/aromatic N) is 4. The predicted octanol–water partition coefficient (Wildman–Crippen LogP) is 6.08. The summed E-state index contributed by atoms with van der Waals surface area (Å²) in [4.78, 5) is 49.9. The van der Waals surface area contributed by atoms with Crippen LogP contribution in [-0.4, -0.2) is 85.6 Å². The number of hydrogen-bond acceptors (Lipinski definition) is 13. The van der Waals surface area contributed by atoms with Crippen LogP contribution in [0.5, 0.6) is 5.75 Å². The maximum atomic E-state index is 13.2. The Kier molecular flexibility index (Phi) is 12.9. The first-order valence-electron chi connectivity index (χ1n) is 19.4. The minimum atomic E-state index is -3.56. The van der Waals surface area contributed by atoms with E-state index in [0.717, 1.165) is 63.0 Å². The Balaban J connectivity index is 0.869. The van der Waals surface area contributed by atoms with Crippen molar-refractivity contribution in [1.29, 1.82) is 0 Å². The van der Waals surface area contributed by atoms with Gasteiger partial charge in [-0.1, -0.05) is 35.9 Å². The molecule has 3 amide bonds. The van der Waals surface area contributed by atoms with E-state index in [4.69, 9.17) is 25.4 Å². The van der Waals surface area contributed by atoms with Gasteiger partial charge in [0.05, 0.1) is 30.0 Å². The number of methoxy groups -OCH3 is 1. The number of ether oxygens (including phenoxy) is 1. The van der Waals surface area contributed by atoms with Gasteiger partial charge in [0, 0.05) is 63.6 Å². The molecule has 2 fully saturated rings. The molecule has 0 bridgehead atoms. The Labute approximate surface area is 342 Å². The standard InChI is InChI=1S/C41H48ClN8O7P/c1-55-35-23-29(12-14-32(35)46-41-44-24-31(42)38(48-41)45-33-9-4-5-10-36(33)58(54,56-2)57-3)49-20-17-28(18-21-49)43-19-7-6-8-26-11-13-30-27(22-26)25-50(40(30)53)34-15-16-37(51)47-39(34)52/h4-5,9-14,22-24,28,34,43H,6-8,15-21,25H2,1-3H3,(H,47,51,52)(H2,44,45,46,48). The van der Waals surface area contributed by atoms with Crippen LogP contribution in [-0.2, 0) is 36.2 Å². The number of fused-ring (bicyclic) bond motifs is 1. The lowest BCUT2D eigenvalue weighted by molar-refractivity contribution is -0.136. The van der Waals surface area contributed by atoms with Crippen LogP contribution in [0.25, 0.3) is 0 Å². The van der Waals surface area contributed by atoms with Gasteiger partial charge < -0.3 is 39.5 Å². The van der Waals surface area contributed by atoms with E-state index in [2.05, 4.69) is 48.3 Å². The highest BCUT2D eigenvalue weighted by atomic mass is 35.5. The summed E-state index contributed by atoms with van der Waals surface area (Å²) in [7, 11) is 0.727. The topological polar surface area (TPSA) is 176 Å². The summed E-state index contributed by atoms with van der Waals surface area (Å²) in [5.74, 6) is 0.411. The van der Waals surface area contributed by atoms with Crippen molar-refractivity contribution in [3.05, 3.63) is 88.6 Å². The van der Waals surface area contributed by atoms with Gasteiger partial charge in [-0.2, -0.15) is 4.98 Å². The van der Waals surface area contributed by atoms with Crippen LogP contribution in [0.15, 0.2) is 66.9 Å². The van der Waals surface area contributed by atoms with E-state index in [1.54, 1.807) is 36.3 Å². The second-order valence-electron chi connectivity index (χ2n) is 14.5. The number of carbonyl (C=O) groups is 3. The van der Waals surface area contributed by atoms with E-state index < -0.39 is 13.6 Å². The summed E-state index contributed by atoms with van der Waals surface area (Å²) in [6.45, 7) is 3.15.